The van der Waals surface area contributed by atoms with Crippen molar-refractivity contribution in [2.24, 2.45) is 0 Å². The van der Waals surface area contributed by atoms with Crippen molar-refractivity contribution in [3.63, 3.8) is 0 Å². The molecule has 0 heterocycles. The lowest BCUT2D eigenvalue weighted by molar-refractivity contribution is 0.0523. The first-order chi connectivity index (χ1) is 7.54. The second kappa shape index (κ2) is 5.36. The number of nitrogens with one attached hydrogen (secondary N) is 1. The molecule has 1 rings (SSSR count). The molecule has 88 valence electrons. The Morgan fingerprint density at radius 3 is 2.75 bits per heavy atom. The number of hydrogen-bond donors (Lipinski definition) is 3. The molecule has 0 aliphatic heterocycles. The minimum atomic E-state index is -2.81. The van der Waals surface area contributed by atoms with Crippen LogP contribution in [0.1, 0.15) is 17.3 Å². The summed E-state index contributed by atoms with van der Waals surface area (Å²) in [6.45, 7) is 1.80. The van der Waals surface area contributed by atoms with Crippen LogP contribution in [0.3, 0.4) is 0 Å². The Morgan fingerprint density at radius 1 is 1.50 bits per heavy atom. The summed E-state index contributed by atoms with van der Waals surface area (Å²) >= 11 is 0. The van der Waals surface area contributed by atoms with Crippen LogP contribution >= 0.6 is 0 Å². The van der Waals surface area contributed by atoms with E-state index < -0.39 is 16.9 Å². The fraction of sp³-hybridized carbons (Fsp3) is 0.222. The van der Waals surface area contributed by atoms with Gasteiger partial charge < -0.3 is 9.84 Å². The largest absolute Gasteiger partial charge is 0.507 e. The minimum Gasteiger partial charge on any atom is -0.507 e. The van der Waals surface area contributed by atoms with Gasteiger partial charge in [0.2, 0.25) is 10.9 Å². The van der Waals surface area contributed by atoms with Crippen LogP contribution in [0.15, 0.2) is 18.2 Å². The zero-order valence-corrected chi connectivity index (χ0v) is 9.36. The van der Waals surface area contributed by atoms with Gasteiger partial charge >= 0.3 is 5.97 Å². The van der Waals surface area contributed by atoms with E-state index in [1.807, 2.05) is 0 Å². The Morgan fingerprint density at radius 2 is 2.19 bits per heavy atom. The van der Waals surface area contributed by atoms with Crippen molar-refractivity contribution in [3.05, 3.63) is 23.8 Å². The van der Waals surface area contributed by atoms with Gasteiger partial charge in [0.15, 0.2) is 0 Å². The van der Waals surface area contributed by atoms with Crippen LogP contribution in [0.2, 0.25) is 0 Å². The lowest BCUT2D eigenvalue weighted by atomic mass is 10.2. The number of thiol groups is 1. The maximum absolute atomic E-state index is 11.3. The van der Waals surface area contributed by atoms with Gasteiger partial charge in [-0.2, -0.15) is 0 Å². The standard InChI is InChI=1S/C9H11NO5S/c1-2-15-9(12)7-5-6(10-16(13)14)3-4-8(7)11/h3-5,11,16H,2H2,1H3,(H,10,13,14). The van der Waals surface area contributed by atoms with Crippen LogP contribution in [0.5, 0.6) is 5.75 Å². The molecule has 0 atom stereocenters. The third kappa shape index (κ3) is 3.13. The van der Waals surface area contributed by atoms with Crippen LogP contribution in [-0.2, 0) is 15.6 Å². The van der Waals surface area contributed by atoms with Gasteiger partial charge in [0.25, 0.3) is 0 Å². The Kier molecular flexibility index (Phi) is 4.12. The number of aromatic hydroxyl groups is 1. The molecule has 0 radical (unpaired) electrons. The number of phenolic OH excluding ortho intramolecular Hbond substituents is 1. The van der Waals surface area contributed by atoms with Gasteiger partial charge in [0.05, 0.1) is 6.61 Å². The summed E-state index contributed by atoms with van der Waals surface area (Å²) in [4.78, 5) is 11.3. The molecule has 0 saturated carbocycles. The van der Waals surface area contributed by atoms with Gasteiger partial charge in [-0.25, -0.2) is 13.2 Å². The fourth-order valence-electron chi connectivity index (χ4n) is 1.08. The average molecular weight is 245 g/mol. The molecule has 0 spiro atoms. The van der Waals surface area contributed by atoms with Crippen LogP contribution in [0.25, 0.3) is 0 Å². The van der Waals surface area contributed by atoms with Crippen molar-refractivity contribution >= 4 is 22.5 Å². The molecule has 0 aliphatic carbocycles. The van der Waals surface area contributed by atoms with Crippen LogP contribution in [-0.4, -0.2) is 26.1 Å². The number of hydrogen-bond acceptors (Lipinski definition) is 5. The smallest absolute Gasteiger partial charge is 0.341 e. The van der Waals surface area contributed by atoms with E-state index >= 15 is 0 Å². The summed E-state index contributed by atoms with van der Waals surface area (Å²) in [5, 5.41) is 9.39. The quantitative estimate of drug-likeness (QED) is 0.408. The summed E-state index contributed by atoms with van der Waals surface area (Å²) in [5.74, 6) is -0.963. The molecule has 0 aromatic heterocycles. The van der Waals surface area contributed by atoms with Crippen LogP contribution in [0, 0.1) is 0 Å². The first kappa shape index (κ1) is 12.3. The lowest BCUT2D eigenvalue weighted by Gasteiger charge is -2.06. The molecule has 0 saturated heterocycles. The highest BCUT2D eigenvalue weighted by atomic mass is 32.2. The number of esters is 1. The van der Waals surface area contributed by atoms with E-state index in [0.717, 1.165) is 0 Å². The van der Waals surface area contributed by atoms with E-state index in [0.29, 0.717) is 0 Å². The van der Waals surface area contributed by atoms with Gasteiger partial charge in [0.1, 0.15) is 11.3 Å². The van der Waals surface area contributed by atoms with Gasteiger partial charge in [0, 0.05) is 5.69 Å². The first-order valence-electron chi connectivity index (χ1n) is 4.45. The molecule has 0 aliphatic rings. The third-order valence-electron chi connectivity index (χ3n) is 1.71. The van der Waals surface area contributed by atoms with Crippen molar-refractivity contribution in [3.8, 4) is 5.75 Å². The molecule has 1 aromatic carbocycles. The number of rotatable bonds is 4. The summed E-state index contributed by atoms with van der Waals surface area (Å²) in [5.41, 5.74) is 0.112. The summed E-state index contributed by atoms with van der Waals surface area (Å²) in [6, 6.07) is 3.76. The highest BCUT2D eigenvalue weighted by Gasteiger charge is 2.12. The SMILES string of the molecule is CCOC(=O)c1cc(N[SH](=O)=O)ccc1O. The maximum atomic E-state index is 11.3. The first-order valence-corrected chi connectivity index (χ1v) is 5.63. The minimum absolute atomic E-state index is 0.0799. The second-order valence-electron chi connectivity index (χ2n) is 2.82. The van der Waals surface area contributed by atoms with Gasteiger partial charge in [-0.05, 0) is 25.1 Å². The van der Waals surface area contributed by atoms with Crippen molar-refractivity contribution in [2.45, 2.75) is 6.92 Å². The molecular formula is C9H11NO5S. The van der Waals surface area contributed by atoms with E-state index in [-0.39, 0.29) is 23.6 Å². The van der Waals surface area contributed by atoms with E-state index in [1.165, 1.54) is 18.2 Å². The van der Waals surface area contributed by atoms with E-state index in [4.69, 9.17) is 4.74 Å². The molecule has 0 bridgehead atoms. The maximum Gasteiger partial charge on any atom is 0.341 e. The summed E-state index contributed by atoms with van der Waals surface area (Å²) in [7, 11) is -2.81. The monoisotopic (exact) mass is 245 g/mol. The molecule has 1 aromatic rings. The molecule has 6 nitrogen and oxygen atoms in total. The van der Waals surface area contributed by atoms with E-state index in [2.05, 4.69) is 4.72 Å². The fourth-order valence-corrected chi connectivity index (χ4v) is 1.43. The van der Waals surface area contributed by atoms with Crippen molar-refractivity contribution < 1.29 is 23.1 Å². The van der Waals surface area contributed by atoms with Crippen LogP contribution in [0.4, 0.5) is 5.69 Å². The summed E-state index contributed by atoms with van der Waals surface area (Å²) < 4.78 is 27.6. The highest BCUT2D eigenvalue weighted by molar-refractivity contribution is 7.73. The number of benzene rings is 1. The lowest BCUT2D eigenvalue weighted by Crippen LogP contribution is -2.06. The number of anilines is 1. The number of ether oxygens (including phenoxy) is 1. The Bertz CT molecular complexity index is 461. The zero-order valence-electron chi connectivity index (χ0n) is 8.47. The molecule has 0 fully saturated rings. The van der Waals surface area contributed by atoms with Crippen molar-refractivity contribution in [1.82, 2.24) is 0 Å². The second-order valence-corrected chi connectivity index (χ2v) is 3.56. The number of carbonyl (C=O) groups excluding carboxylic acids is 1. The summed E-state index contributed by atoms with van der Waals surface area (Å²) in [6.07, 6.45) is 0. The average Bonchev–Trinajstić information content (AvgIpc) is 2.20. The zero-order chi connectivity index (χ0) is 12.1. The van der Waals surface area contributed by atoms with E-state index in [1.54, 1.807) is 6.92 Å². The Labute approximate surface area is 93.9 Å². The van der Waals surface area contributed by atoms with Gasteiger partial charge in [-0.3, -0.25) is 4.72 Å². The predicted molar refractivity (Wildman–Crippen MR) is 58.0 cm³/mol. The Hall–Kier alpha value is -1.76. The van der Waals surface area contributed by atoms with Crippen molar-refractivity contribution in [1.29, 1.82) is 0 Å². The van der Waals surface area contributed by atoms with E-state index in [9.17, 15) is 18.3 Å². The van der Waals surface area contributed by atoms with Gasteiger partial charge in [-0.15, -0.1) is 0 Å². The normalized spacial score (nSPS) is 10.1. The number of carbonyl (C=O) groups is 1. The molecule has 0 unspecified atom stereocenters. The topological polar surface area (TPSA) is 92.7 Å². The van der Waals surface area contributed by atoms with Crippen LogP contribution < -0.4 is 4.72 Å². The van der Waals surface area contributed by atoms with Crippen molar-refractivity contribution in [2.75, 3.05) is 11.3 Å². The third-order valence-corrected chi connectivity index (χ3v) is 2.15. The Balaban J connectivity index is 3.03. The number of phenols is 1. The molecular weight excluding hydrogens is 234 g/mol. The molecule has 0 amide bonds. The molecule has 7 heteroatoms. The highest BCUT2D eigenvalue weighted by Crippen LogP contribution is 2.22. The van der Waals surface area contributed by atoms with Gasteiger partial charge in [-0.1, -0.05) is 0 Å². The predicted octanol–water partition coefficient (Wildman–Crippen LogP) is 0.507. The molecule has 2 N–H and O–H groups in total. The molecule has 16 heavy (non-hydrogen) atoms.